The van der Waals surface area contributed by atoms with Crippen LogP contribution in [0.4, 0.5) is 11.4 Å². The zero-order chi connectivity index (χ0) is 17.5. The number of benzene rings is 2. The molecule has 0 radical (unpaired) electrons. The molecule has 2 aromatic carbocycles. The lowest BCUT2D eigenvalue weighted by Crippen LogP contribution is -2.56. The Balaban J connectivity index is 1.88. The van der Waals surface area contributed by atoms with Crippen molar-refractivity contribution < 1.29 is 14.3 Å². The summed E-state index contributed by atoms with van der Waals surface area (Å²) >= 11 is 9.40. The maximum atomic E-state index is 12.6. The van der Waals surface area contributed by atoms with Gasteiger partial charge in [-0.2, -0.15) is 0 Å². The van der Waals surface area contributed by atoms with Crippen LogP contribution in [0.1, 0.15) is 12.5 Å². The van der Waals surface area contributed by atoms with Crippen molar-refractivity contribution in [2.45, 2.75) is 19.4 Å². The summed E-state index contributed by atoms with van der Waals surface area (Å²) in [6, 6.07) is 10.4. The van der Waals surface area contributed by atoms with Crippen LogP contribution in [-0.2, 0) is 9.59 Å². The standard InChI is InChI=1S/C17H14BrClN2O3/c1-9-3-6-14-13(7-9)21-16(23)17(2,24-14)15(22)20-12-5-4-10(18)8-11(12)19/h3-8H,1-2H3,(H,20,22)(H,21,23). The van der Waals surface area contributed by atoms with Crippen LogP contribution in [-0.4, -0.2) is 17.4 Å². The summed E-state index contributed by atoms with van der Waals surface area (Å²) in [5.74, 6) is -0.693. The van der Waals surface area contributed by atoms with Gasteiger partial charge in [-0.3, -0.25) is 9.59 Å². The third kappa shape index (κ3) is 2.99. The highest BCUT2D eigenvalue weighted by Gasteiger charge is 2.47. The van der Waals surface area contributed by atoms with E-state index >= 15 is 0 Å². The van der Waals surface area contributed by atoms with Gasteiger partial charge in [-0.05, 0) is 49.7 Å². The van der Waals surface area contributed by atoms with Crippen molar-refractivity contribution >= 4 is 50.7 Å². The second-order valence-electron chi connectivity index (χ2n) is 5.67. The number of carbonyl (C=O) groups excluding carboxylic acids is 2. The smallest absolute Gasteiger partial charge is 0.278 e. The van der Waals surface area contributed by atoms with Gasteiger partial charge in [-0.1, -0.05) is 33.6 Å². The summed E-state index contributed by atoms with van der Waals surface area (Å²) in [5.41, 5.74) is 0.232. The Kier molecular flexibility index (Phi) is 4.27. The van der Waals surface area contributed by atoms with Gasteiger partial charge < -0.3 is 15.4 Å². The predicted octanol–water partition coefficient (Wildman–Crippen LogP) is 4.14. The van der Waals surface area contributed by atoms with Crippen molar-refractivity contribution in [2.75, 3.05) is 10.6 Å². The first-order valence-corrected chi connectivity index (χ1v) is 8.34. The van der Waals surface area contributed by atoms with Gasteiger partial charge >= 0.3 is 0 Å². The molecule has 2 N–H and O–H groups in total. The van der Waals surface area contributed by atoms with Gasteiger partial charge in [0, 0.05) is 4.47 Å². The Labute approximate surface area is 152 Å². The zero-order valence-corrected chi connectivity index (χ0v) is 15.3. The van der Waals surface area contributed by atoms with Gasteiger partial charge in [0.1, 0.15) is 5.75 Å². The zero-order valence-electron chi connectivity index (χ0n) is 12.9. The fourth-order valence-corrected chi connectivity index (χ4v) is 3.04. The molecule has 0 spiro atoms. The molecule has 24 heavy (non-hydrogen) atoms. The Bertz CT molecular complexity index is 856. The summed E-state index contributed by atoms with van der Waals surface area (Å²) in [6.07, 6.45) is 0. The van der Waals surface area contributed by atoms with Crippen molar-refractivity contribution in [3.8, 4) is 5.75 Å². The maximum absolute atomic E-state index is 12.6. The average molecular weight is 410 g/mol. The number of rotatable bonds is 2. The van der Waals surface area contributed by atoms with E-state index in [-0.39, 0.29) is 0 Å². The van der Waals surface area contributed by atoms with Crippen LogP contribution in [0.3, 0.4) is 0 Å². The Hall–Kier alpha value is -2.05. The number of halogens is 2. The topological polar surface area (TPSA) is 67.4 Å². The van der Waals surface area contributed by atoms with Gasteiger partial charge in [-0.15, -0.1) is 0 Å². The summed E-state index contributed by atoms with van der Waals surface area (Å²) in [5, 5.41) is 5.71. The van der Waals surface area contributed by atoms with Crippen LogP contribution in [0.2, 0.25) is 5.02 Å². The number of ether oxygens (including phenoxy) is 1. The first-order chi connectivity index (χ1) is 11.3. The van der Waals surface area contributed by atoms with Crippen molar-refractivity contribution in [3.63, 3.8) is 0 Å². The van der Waals surface area contributed by atoms with Crippen LogP contribution in [0.5, 0.6) is 5.75 Å². The van der Waals surface area contributed by atoms with E-state index in [1.54, 1.807) is 30.3 Å². The molecule has 5 nitrogen and oxygen atoms in total. The third-order valence-corrected chi connectivity index (χ3v) is 4.55. The summed E-state index contributed by atoms with van der Waals surface area (Å²) in [4.78, 5) is 25.1. The largest absolute Gasteiger partial charge is 0.466 e. The van der Waals surface area contributed by atoms with Crippen molar-refractivity contribution in [1.29, 1.82) is 0 Å². The van der Waals surface area contributed by atoms with Gasteiger partial charge in [0.05, 0.1) is 16.4 Å². The Morgan fingerprint density at radius 3 is 2.75 bits per heavy atom. The third-order valence-electron chi connectivity index (χ3n) is 3.74. The Morgan fingerprint density at radius 2 is 2.04 bits per heavy atom. The van der Waals surface area contributed by atoms with E-state index in [9.17, 15) is 9.59 Å². The van der Waals surface area contributed by atoms with Gasteiger partial charge in [0.15, 0.2) is 0 Å². The number of amides is 2. The molecule has 2 amide bonds. The van der Waals surface area contributed by atoms with Gasteiger partial charge in [0.25, 0.3) is 17.4 Å². The lowest BCUT2D eigenvalue weighted by atomic mass is 10.0. The van der Waals surface area contributed by atoms with E-state index in [2.05, 4.69) is 26.6 Å². The molecular weight excluding hydrogens is 396 g/mol. The number of aryl methyl sites for hydroxylation is 1. The molecular formula is C17H14BrClN2O3. The predicted molar refractivity (Wildman–Crippen MR) is 96.6 cm³/mol. The van der Waals surface area contributed by atoms with Crippen LogP contribution in [0.25, 0.3) is 0 Å². The molecule has 0 saturated carbocycles. The van der Waals surface area contributed by atoms with Crippen LogP contribution in [0, 0.1) is 6.92 Å². The minimum absolute atomic E-state index is 0.355. The highest BCUT2D eigenvalue weighted by Crippen LogP contribution is 2.35. The van der Waals surface area contributed by atoms with Crippen molar-refractivity contribution in [2.24, 2.45) is 0 Å². The molecule has 2 aromatic rings. The molecule has 0 aromatic heterocycles. The number of nitrogens with one attached hydrogen (secondary N) is 2. The van der Waals surface area contributed by atoms with Crippen LogP contribution >= 0.6 is 27.5 Å². The second kappa shape index (κ2) is 6.11. The SMILES string of the molecule is Cc1ccc2c(c1)NC(=O)C(C)(C(=O)Nc1ccc(Br)cc1Cl)O2. The molecule has 0 fully saturated rings. The lowest BCUT2D eigenvalue weighted by Gasteiger charge is -2.33. The molecule has 1 heterocycles. The molecule has 1 aliphatic rings. The number of hydrogen-bond acceptors (Lipinski definition) is 3. The average Bonchev–Trinajstić information content (AvgIpc) is 2.51. The summed E-state index contributed by atoms with van der Waals surface area (Å²) in [7, 11) is 0. The van der Waals surface area contributed by atoms with E-state index in [4.69, 9.17) is 16.3 Å². The first kappa shape index (κ1) is 16.8. The van der Waals surface area contributed by atoms with E-state index < -0.39 is 17.4 Å². The normalized spacial score (nSPS) is 19.1. The highest BCUT2D eigenvalue weighted by molar-refractivity contribution is 9.10. The van der Waals surface area contributed by atoms with Gasteiger partial charge in [0.2, 0.25) is 0 Å². The minimum Gasteiger partial charge on any atom is -0.466 e. The monoisotopic (exact) mass is 408 g/mol. The number of carbonyl (C=O) groups is 2. The van der Waals surface area contributed by atoms with Crippen molar-refractivity contribution in [1.82, 2.24) is 0 Å². The first-order valence-electron chi connectivity index (χ1n) is 7.17. The second-order valence-corrected chi connectivity index (χ2v) is 6.99. The molecule has 1 aliphatic heterocycles. The van der Waals surface area contributed by atoms with Crippen molar-refractivity contribution in [3.05, 3.63) is 51.5 Å². The van der Waals surface area contributed by atoms with E-state index in [1.807, 2.05) is 13.0 Å². The molecule has 0 saturated heterocycles. The fourth-order valence-electron chi connectivity index (χ4n) is 2.32. The highest BCUT2D eigenvalue weighted by atomic mass is 79.9. The molecule has 0 bridgehead atoms. The molecule has 7 heteroatoms. The number of fused-ring (bicyclic) bond motifs is 1. The number of anilines is 2. The Morgan fingerprint density at radius 1 is 1.29 bits per heavy atom. The fraction of sp³-hybridized carbons (Fsp3) is 0.176. The summed E-state index contributed by atoms with van der Waals surface area (Å²) < 4.78 is 6.49. The van der Waals surface area contributed by atoms with E-state index in [0.29, 0.717) is 22.1 Å². The molecule has 124 valence electrons. The quantitative estimate of drug-likeness (QED) is 0.733. The molecule has 3 rings (SSSR count). The van der Waals surface area contributed by atoms with E-state index in [0.717, 1.165) is 10.0 Å². The van der Waals surface area contributed by atoms with Gasteiger partial charge in [-0.25, -0.2) is 0 Å². The molecule has 0 aliphatic carbocycles. The lowest BCUT2D eigenvalue weighted by molar-refractivity contribution is -0.143. The minimum atomic E-state index is -1.70. The van der Waals surface area contributed by atoms with Crippen LogP contribution < -0.4 is 15.4 Å². The summed E-state index contributed by atoms with van der Waals surface area (Å²) in [6.45, 7) is 3.33. The maximum Gasteiger partial charge on any atom is 0.278 e. The van der Waals surface area contributed by atoms with E-state index in [1.165, 1.54) is 6.92 Å². The molecule has 1 atom stereocenters. The number of hydrogen-bond donors (Lipinski definition) is 2. The van der Waals surface area contributed by atoms with Crippen LogP contribution in [0.15, 0.2) is 40.9 Å². The molecule has 1 unspecified atom stereocenters.